The fourth-order valence-electron chi connectivity index (χ4n) is 4.26. The largest absolute Gasteiger partial charge is 0.353 e. The third-order valence-corrected chi connectivity index (χ3v) is 6.34. The lowest BCUT2D eigenvalue weighted by Gasteiger charge is -2.25. The predicted molar refractivity (Wildman–Crippen MR) is 116 cm³/mol. The van der Waals surface area contributed by atoms with Crippen molar-refractivity contribution in [3.63, 3.8) is 0 Å². The predicted octanol–water partition coefficient (Wildman–Crippen LogP) is 5.04. The quantitative estimate of drug-likeness (QED) is 0.581. The van der Waals surface area contributed by atoms with Gasteiger partial charge in [-0.05, 0) is 57.0 Å². The van der Waals surface area contributed by atoms with Gasteiger partial charge in [-0.1, -0.05) is 23.2 Å². The minimum Gasteiger partial charge on any atom is -0.353 e. The topological polar surface area (TPSA) is 43.1 Å². The van der Waals surface area contributed by atoms with Gasteiger partial charge in [-0.15, -0.1) is 0 Å². The van der Waals surface area contributed by atoms with E-state index in [0.29, 0.717) is 16.5 Å². The Labute approximate surface area is 180 Å². The molecule has 1 unspecified atom stereocenters. The van der Waals surface area contributed by atoms with Gasteiger partial charge in [0.1, 0.15) is 0 Å². The van der Waals surface area contributed by atoms with Crippen LogP contribution in [0.4, 0.5) is 0 Å². The van der Waals surface area contributed by atoms with Crippen LogP contribution in [0.1, 0.15) is 41.5 Å². The molecule has 2 aromatic heterocycles. The van der Waals surface area contributed by atoms with E-state index in [9.17, 15) is 4.79 Å². The van der Waals surface area contributed by atoms with Crippen LogP contribution >= 0.6 is 23.2 Å². The lowest BCUT2D eigenvalue weighted by atomic mass is 10.1. The maximum atomic E-state index is 13.2. The second-order valence-corrected chi connectivity index (χ2v) is 8.47. The Bertz CT molecular complexity index is 1070. The number of aryl methyl sites for hydroxylation is 2. The summed E-state index contributed by atoms with van der Waals surface area (Å²) in [4.78, 5) is 15.2. The van der Waals surface area contributed by atoms with Gasteiger partial charge in [0, 0.05) is 41.8 Å². The summed E-state index contributed by atoms with van der Waals surface area (Å²) < 4.78 is 3.91. The molecular formula is C22H24Cl2N4O. The molecule has 3 aromatic rings. The van der Waals surface area contributed by atoms with E-state index in [1.807, 2.05) is 44.1 Å². The summed E-state index contributed by atoms with van der Waals surface area (Å²) in [6, 6.07) is 9.62. The Kier molecular flexibility index (Phi) is 5.45. The SMILES string of the molecule is Cc1nn(-c2ccc(Cl)cc2Cl)c(C)c1CC(=O)N1CCCC1c1cccn1C. The van der Waals surface area contributed by atoms with Crippen molar-refractivity contribution in [1.29, 1.82) is 0 Å². The summed E-state index contributed by atoms with van der Waals surface area (Å²) in [7, 11) is 2.03. The monoisotopic (exact) mass is 430 g/mol. The standard InChI is InChI=1S/C22H24Cl2N4O/c1-14-17(15(2)28(25-14)19-9-8-16(23)12-18(19)24)13-22(29)27-11-5-7-21(27)20-6-4-10-26(20)3/h4,6,8-10,12,21H,5,7,11,13H2,1-3H3. The second-order valence-electron chi connectivity index (χ2n) is 7.62. The molecule has 0 saturated carbocycles. The van der Waals surface area contributed by atoms with E-state index in [2.05, 4.69) is 15.7 Å². The van der Waals surface area contributed by atoms with Crippen molar-refractivity contribution in [2.75, 3.05) is 6.54 Å². The Morgan fingerprint density at radius 2 is 2.03 bits per heavy atom. The third kappa shape index (κ3) is 3.69. The molecule has 1 amide bonds. The lowest BCUT2D eigenvalue weighted by molar-refractivity contribution is -0.131. The first-order valence-corrected chi connectivity index (χ1v) is 10.5. The minimum atomic E-state index is 0.140. The Balaban J connectivity index is 1.60. The number of aromatic nitrogens is 3. The summed E-state index contributed by atoms with van der Waals surface area (Å²) in [5.74, 6) is 0.140. The maximum absolute atomic E-state index is 13.2. The zero-order valence-corrected chi connectivity index (χ0v) is 18.3. The van der Waals surface area contributed by atoms with Gasteiger partial charge in [0.25, 0.3) is 0 Å². The molecule has 1 saturated heterocycles. The van der Waals surface area contributed by atoms with Crippen LogP contribution in [0.25, 0.3) is 5.69 Å². The van der Waals surface area contributed by atoms with Gasteiger partial charge < -0.3 is 9.47 Å². The Morgan fingerprint density at radius 3 is 2.72 bits per heavy atom. The highest BCUT2D eigenvalue weighted by Gasteiger charge is 2.32. The molecule has 1 fully saturated rings. The van der Waals surface area contributed by atoms with Gasteiger partial charge in [-0.3, -0.25) is 4.79 Å². The normalized spacial score (nSPS) is 16.6. The van der Waals surface area contributed by atoms with E-state index in [0.717, 1.165) is 42.0 Å². The minimum absolute atomic E-state index is 0.140. The van der Waals surface area contributed by atoms with E-state index in [-0.39, 0.29) is 11.9 Å². The first-order chi connectivity index (χ1) is 13.9. The molecule has 1 atom stereocenters. The number of nitrogens with zero attached hydrogens (tertiary/aromatic N) is 4. The van der Waals surface area contributed by atoms with Gasteiger partial charge in [0.2, 0.25) is 5.91 Å². The Hall–Kier alpha value is -2.24. The molecule has 0 radical (unpaired) electrons. The highest BCUT2D eigenvalue weighted by Crippen LogP contribution is 2.33. The fraction of sp³-hybridized carbons (Fsp3) is 0.364. The van der Waals surface area contributed by atoms with Gasteiger partial charge in [-0.2, -0.15) is 5.10 Å². The van der Waals surface area contributed by atoms with Crippen LogP contribution in [0.5, 0.6) is 0 Å². The zero-order chi connectivity index (χ0) is 20.7. The molecule has 29 heavy (non-hydrogen) atoms. The highest BCUT2D eigenvalue weighted by molar-refractivity contribution is 6.35. The van der Waals surface area contributed by atoms with Crippen LogP contribution in [-0.4, -0.2) is 31.7 Å². The maximum Gasteiger partial charge on any atom is 0.227 e. The molecule has 7 heteroatoms. The van der Waals surface area contributed by atoms with Crippen LogP contribution in [0, 0.1) is 13.8 Å². The molecule has 4 rings (SSSR count). The Morgan fingerprint density at radius 1 is 1.24 bits per heavy atom. The number of amides is 1. The average Bonchev–Trinajstić information content (AvgIpc) is 3.37. The first-order valence-electron chi connectivity index (χ1n) is 9.78. The number of rotatable bonds is 4. The van der Waals surface area contributed by atoms with Crippen molar-refractivity contribution in [2.45, 2.75) is 39.2 Å². The first kappa shape index (κ1) is 20.0. The molecule has 5 nitrogen and oxygen atoms in total. The highest BCUT2D eigenvalue weighted by atomic mass is 35.5. The summed E-state index contributed by atoms with van der Waals surface area (Å²) >= 11 is 12.4. The number of carbonyl (C=O) groups excluding carboxylic acids is 1. The van der Waals surface area contributed by atoms with Crippen molar-refractivity contribution in [2.24, 2.45) is 7.05 Å². The van der Waals surface area contributed by atoms with E-state index >= 15 is 0 Å². The molecule has 0 spiro atoms. The van der Waals surface area contributed by atoms with Crippen LogP contribution in [-0.2, 0) is 18.3 Å². The van der Waals surface area contributed by atoms with E-state index < -0.39 is 0 Å². The van der Waals surface area contributed by atoms with Crippen LogP contribution in [0.15, 0.2) is 36.5 Å². The molecule has 1 aliphatic rings. The van der Waals surface area contributed by atoms with Crippen LogP contribution < -0.4 is 0 Å². The number of benzene rings is 1. The molecular weight excluding hydrogens is 407 g/mol. The summed E-state index contributed by atoms with van der Waals surface area (Å²) in [6.45, 7) is 4.71. The molecule has 0 aliphatic carbocycles. The molecule has 152 valence electrons. The second kappa shape index (κ2) is 7.88. The van der Waals surface area contributed by atoms with Gasteiger partial charge in [0.05, 0.1) is 28.9 Å². The number of halogens is 2. The van der Waals surface area contributed by atoms with Crippen molar-refractivity contribution in [3.05, 3.63) is 69.2 Å². The smallest absolute Gasteiger partial charge is 0.227 e. The van der Waals surface area contributed by atoms with E-state index in [4.69, 9.17) is 23.2 Å². The van der Waals surface area contributed by atoms with E-state index in [1.54, 1.807) is 16.8 Å². The summed E-state index contributed by atoms with van der Waals surface area (Å²) in [5.41, 5.74) is 4.68. The molecule has 3 heterocycles. The average molecular weight is 431 g/mol. The van der Waals surface area contributed by atoms with Gasteiger partial charge in [0.15, 0.2) is 0 Å². The number of hydrogen-bond acceptors (Lipinski definition) is 2. The molecule has 1 aliphatic heterocycles. The summed E-state index contributed by atoms with van der Waals surface area (Å²) in [5, 5.41) is 5.76. The van der Waals surface area contributed by atoms with Crippen molar-refractivity contribution in [1.82, 2.24) is 19.2 Å². The van der Waals surface area contributed by atoms with Crippen LogP contribution in [0.3, 0.4) is 0 Å². The molecule has 0 N–H and O–H groups in total. The molecule has 0 bridgehead atoms. The summed E-state index contributed by atoms with van der Waals surface area (Å²) in [6.07, 6.45) is 4.40. The van der Waals surface area contributed by atoms with Crippen molar-refractivity contribution in [3.8, 4) is 5.69 Å². The van der Waals surface area contributed by atoms with Crippen LogP contribution in [0.2, 0.25) is 10.0 Å². The number of hydrogen-bond donors (Lipinski definition) is 0. The van der Waals surface area contributed by atoms with E-state index in [1.165, 1.54) is 5.69 Å². The zero-order valence-electron chi connectivity index (χ0n) is 16.8. The number of likely N-dealkylation sites (tertiary alicyclic amines) is 1. The third-order valence-electron chi connectivity index (χ3n) is 5.81. The van der Waals surface area contributed by atoms with Crippen molar-refractivity contribution < 1.29 is 4.79 Å². The molecule has 1 aromatic carbocycles. The fourth-order valence-corrected chi connectivity index (χ4v) is 4.75. The number of carbonyl (C=O) groups is 1. The van der Waals surface area contributed by atoms with Gasteiger partial charge in [-0.25, -0.2) is 4.68 Å². The lowest BCUT2D eigenvalue weighted by Crippen LogP contribution is -2.32. The van der Waals surface area contributed by atoms with Gasteiger partial charge >= 0.3 is 0 Å². The van der Waals surface area contributed by atoms with Crippen molar-refractivity contribution >= 4 is 29.1 Å².